The fraction of sp³-hybridized carbons (Fsp3) is 0.0833. The average Bonchev–Trinajstić information content (AvgIpc) is 3.20. The molecule has 3 aromatic carbocycles. The number of hydrogen-bond acceptors (Lipinski definition) is 3. The molecule has 30 heavy (non-hydrogen) atoms. The largest absolute Gasteiger partial charge is 0.489 e. The van der Waals surface area contributed by atoms with Crippen LogP contribution in [0.4, 0.5) is 5.69 Å². The van der Waals surface area contributed by atoms with E-state index in [0.717, 1.165) is 11.1 Å². The molecule has 4 aromatic rings. The number of halogens is 1. The number of ether oxygens (including phenoxy) is 1. The van der Waals surface area contributed by atoms with Gasteiger partial charge in [-0.25, -0.2) is 0 Å². The zero-order valence-corrected chi connectivity index (χ0v) is 16.9. The van der Waals surface area contributed by atoms with E-state index >= 15 is 0 Å². The minimum atomic E-state index is -0.184. The minimum Gasteiger partial charge on any atom is -0.489 e. The first-order valence-corrected chi connectivity index (χ1v) is 9.88. The Morgan fingerprint density at radius 3 is 2.53 bits per heavy atom. The summed E-state index contributed by atoms with van der Waals surface area (Å²) in [7, 11) is 0. The first kappa shape index (κ1) is 19.7. The third-order valence-corrected chi connectivity index (χ3v) is 4.73. The Kier molecular flexibility index (Phi) is 6.11. The van der Waals surface area contributed by atoms with Crippen LogP contribution in [0.15, 0.2) is 91.3 Å². The van der Waals surface area contributed by atoms with E-state index in [4.69, 9.17) is 16.3 Å². The summed E-state index contributed by atoms with van der Waals surface area (Å²) >= 11 is 5.96. The summed E-state index contributed by atoms with van der Waals surface area (Å²) < 4.78 is 7.52. The smallest absolute Gasteiger partial charge is 0.255 e. The maximum absolute atomic E-state index is 12.5. The maximum Gasteiger partial charge on any atom is 0.255 e. The van der Waals surface area contributed by atoms with Gasteiger partial charge in [-0.2, -0.15) is 5.10 Å². The Labute approximate surface area is 179 Å². The Bertz CT molecular complexity index is 1120. The predicted molar refractivity (Wildman–Crippen MR) is 118 cm³/mol. The van der Waals surface area contributed by atoms with Crippen molar-refractivity contribution in [2.75, 3.05) is 5.32 Å². The van der Waals surface area contributed by atoms with E-state index in [0.29, 0.717) is 35.2 Å². The van der Waals surface area contributed by atoms with Crippen LogP contribution in [-0.4, -0.2) is 15.7 Å². The van der Waals surface area contributed by atoms with Gasteiger partial charge in [-0.15, -0.1) is 0 Å². The number of anilines is 1. The molecule has 5 nitrogen and oxygen atoms in total. The topological polar surface area (TPSA) is 56.2 Å². The Morgan fingerprint density at radius 1 is 0.967 bits per heavy atom. The molecule has 0 saturated heterocycles. The van der Waals surface area contributed by atoms with Crippen molar-refractivity contribution in [2.24, 2.45) is 0 Å². The second-order valence-corrected chi connectivity index (χ2v) is 7.25. The highest BCUT2D eigenvalue weighted by atomic mass is 35.5. The number of aromatic nitrogens is 2. The van der Waals surface area contributed by atoms with Gasteiger partial charge >= 0.3 is 0 Å². The number of amides is 1. The lowest BCUT2D eigenvalue weighted by Crippen LogP contribution is -2.11. The summed E-state index contributed by atoms with van der Waals surface area (Å²) in [4.78, 5) is 12.5. The van der Waals surface area contributed by atoms with Gasteiger partial charge in [-0.3, -0.25) is 9.48 Å². The van der Waals surface area contributed by atoms with Crippen molar-refractivity contribution < 1.29 is 9.53 Å². The highest BCUT2D eigenvalue weighted by Gasteiger charge is 2.08. The zero-order chi connectivity index (χ0) is 20.8. The monoisotopic (exact) mass is 417 g/mol. The SMILES string of the molecule is O=C(Nc1cnn(Cc2ccccc2)c1)c1ccc(COc2cccc(Cl)c2)cc1. The van der Waals surface area contributed by atoms with E-state index < -0.39 is 0 Å². The first-order chi connectivity index (χ1) is 14.7. The molecule has 1 heterocycles. The summed E-state index contributed by atoms with van der Waals surface area (Å²) in [5.41, 5.74) is 3.33. The number of benzene rings is 3. The molecule has 6 heteroatoms. The number of nitrogens with one attached hydrogen (secondary N) is 1. The van der Waals surface area contributed by atoms with Crippen molar-refractivity contribution in [1.82, 2.24) is 9.78 Å². The average molecular weight is 418 g/mol. The Morgan fingerprint density at radius 2 is 1.77 bits per heavy atom. The standard InChI is InChI=1S/C24H20ClN3O2/c25-21-7-4-8-23(13-21)30-17-19-9-11-20(12-10-19)24(29)27-22-14-26-28(16-22)15-18-5-2-1-3-6-18/h1-14,16H,15,17H2,(H,27,29). The highest BCUT2D eigenvalue weighted by Crippen LogP contribution is 2.19. The highest BCUT2D eigenvalue weighted by molar-refractivity contribution is 6.30. The van der Waals surface area contributed by atoms with Crippen LogP contribution in [0.25, 0.3) is 0 Å². The summed E-state index contributed by atoms with van der Waals surface area (Å²) in [6.45, 7) is 1.05. The molecular weight excluding hydrogens is 398 g/mol. The van der Waals surface area contributed by atoms with Crippen LogP contribution in [0.3, 0.4) is 0 Å². The molecular formula is C24H20ClN3O2. The molecule has 4 rings (SSSR count). The first-order valence-electron chi connectivity index (χ1n) is 9.51. The molecule has 0 atom stereocenters. The van der Waals surface area contributed by atoms with Crippen LogP contribution in [0.2, 0.25) is 5.02 Å². The lowest BCUT2D eigenvalue weighted by molar-refractivity contribution is 0.102. The quantitative estimate of drug-likeness (QED) is 0.437. The second kappa shape index (κ2) is 9.29. The Balaban J connectivity index is 1.32. The lowest BCUT2D eigenvalue weighted by Gasteiger charge is -2.08. The molecule has 150 valence electrons. The molecule has 0 unspecified atom stereocenters. The maximum atomic E-state index is 12.5. The third-order valence-electron chi connectivity index (χ3n) is 4.50. The number of carbonyl (C=O) groups is 1. The second-order valence-electron chi connectivity index (χ2n) is 6.81. The molecule has 0 aliphatic heterocycles. The fourth-order valence-electron chi connectivity index (χ4n) is 2.96. The number of nitrogens with zero attached hydrogens (tertiary/aromatic N) is 2. The van der Waals surface area contributed by atoms with E-state index in [-0.39, 0.29) is 5.91 Å². The Hall–Kier alpha value is -3.57. The van der Waals surface area contributed by atoms with Crippen molar-refractivity contribution >= 4 is 23.2 Å². The van der Waals surface area contributed by atoms with Crippen molar-refractivity contribution in [3.05, 3.63) is 113 Å². The van der Waals surface area contributed by atoms with Gasteiger partial charge in [0, 0.05) is 16.8 Å². The van der Waals surface area contributed by atoms with Crippen LogP contribution >= 0.6 is 11.6 Å². The van der Waals surface area contributed by atoms with E-state index in [2.05, 4.69) is 10.4 Å². The number of rotatable bonds is 7. The van der Waals surface area contributed by atoms with E-state index in [1.165, 1.54) is 0 Å². The predicted octanol–water partition coefficient (Wildman–Crippen LogP) is 5.42. The van der Waals surface area contributed by atoms with Crippen molar-refractivity contribution in [1.29, 1.82) is 0 Å². The van der Waals surface area contributed by atoms with Crippen LogP contribution in [0, 0.1) is 0 Å². The molecule has 1 aromatic heterocycles. The summed E-state index contributed by atoms with van der Waals surface area (Å²) in [6, 6.07) is 24.6. The molecule has 0 radical (unpaired) electrons. The molecule has 1 amide bonds. The van der Waals surface area contributed by atoms with Gasteiger partial charge < -0.3 is 10.1 Å². The normalized spacial score (nSPS) is 10.6. The molecule has 0 aliphatic rings. The summed E-state index contributed by atoms with van der Waals surface area (Å²) in [5.74, 6) is 0.522. The van der Waals surface area contributed by atoms with Gasteiger partial charge in [0.25, 0.3) is 5.91 Å². The number of hydrogen-bond donors (Lipinski definition) is 1. The van der Waals surface area contributed by atoms with E-state index in [1.54, 1.807) is 35.1 Å². The van der Waals surface area contributed by atoms with E-state index in [1.807, 2.05) is 60.8 Å². The van der Waals surface area contributed by atoms with E-state index in [9.17, 15) is 4.79 Å². The molecule has 0 spiro atoms. The van der Waals surface area contributed by atoms with Crippen LogP contribution in [-0.2, 0) is 13.2 Å². The van der Waals surface area contributed by atoms with Gasteiger partial charge in [-0.1, -0.05) is 60.1 Å². The lowest BCUT2D eigenvalue weighted by atomic mass is 10.1. The number of carbonyl (C=O) groups excluding carboxylic acids is 1. The van der Waals surface area contributed by atoms with Crippen LogP contribution < -0.4 is 10.1 Å². The zero-order valence-electron chi connectivity index (χ0n) is 16.2. The van der Waals surface area contributed by atoms with Crippen LogP contribution in [0.1, 0.15) is 21.5 Å². The summed E-state index contributed by atoms with van der Waals surface area (Å²) in [6.07, 6.45) is 3.46. The van der Waals surface area contributed by atoms with Crippen LogP contribution in [0.5, 0.6) is 5.75 Å². The van der Waals surface area contributed by atoms with Gasteiger partial charge in [0.1, 0.15) is 12.4 Å². The van der Waals surface area contributed by atoms with Crippen molar-refractivity contribution in [3.63, 3.8) is 0 Å². The van der Waals surface area contributed by atoms with Gasteiger partial charge in [0.05, 0.1) is 18.4 Å². The van der Waals surface area contributed by atoms with Gasteiger partial charge in [0.2, 0.25) is 0 Å². The van der Waals surface area contributed by atoms with Gasteiger partial charge in [-0.05, 0) is 41.5 Å². The minimum absolute atomic E-state index is 0.184. The summed E-state index contributed by atoms with van der Waals surface area (Å²) in [5, 5.41) is 7.82. The molecule has 0 fully saturated rings. The molecule has 0 aliphatic carbocycles. The van der Waals surface area contributed by atoms with Crippen molar-refractivity contribution in [3.8, 4) is 5.75 Å². The third kappa shape index (κ3) is 5.27. The fourth-order valence-corrected chi connectivity index (χ4v) is 3.14. The van der Waals surface area contributed by atoms with Crippen molar-refractivity contribution in [2.45, 2.75) is 13.2 Å². The molecule has 1 N–H and O–H groups in total. The molecule has 0 saturated carbocycles. The molecule has 0 bridgehead atoms. The van der Waals surface area contributed by atoms with Gasteiger partial charge in [0.15, 0.2) is 0 Å².